The van der Waals surface area contributed by atoms with Crippen LogP contribution in [0.5, 0.6) is 0 Å². The monoisotopic (exact) mass is 248 g/mol. The summed E-state index contributed by atoms with van der Waals surface area (Å²) in [6.45, 7) is 3.20. The SMILES string of the molecule is NC1CCC2CN(Cc3nnnn3C3CC3)CC12. The van der Waals surface area contributed by atoms with Crippen molar-refractivity contribution in [3.8, 4) is 0 Å². The molecule has 3 aliphatic rings. The van der Waals surface area contributed by atoms with Gasteiger partial charge >= 0.3 is 0 Å². The lowest BCUT2D eigenvalue weighted by molar-refractivity contribution is 0.284. The molecule has 18 heavy (non-hydrogen) atoms. The Morgan fingerprint density at radius 2 is 2.06 bits per heavy atom. The number of nitrogens with zero attached hydrogens (tertiary/aromatic N) is 5. The van der Waals surface area contributed by atoms with E-state index < -0.39 is 0 Å². The number of hydrogen-bond donors (Lipinski definition) is 1. The standard InChI is InChI=1S/C12H20N6/c13-11-4-1-8-5-17(6-10(8)11)7-12-14-15-16-18(12)9-2-3-9/h8-11H,1-7,13H2. The van der Waals surface area contributed by atoms with E-state index in [2.05, 4.69) is 20.4 Å². The van der Waals surface area contributed by atoms with Gasteiger partial charge in [-0.15, -0.1) is 5.10 Å². The van der Waals surface area contributed by atoms with Crippen LogP contribution >= 0.6 is 0 Å². The molecule has 2 aliphatic carbocycles. The van der Waals surface area contributed by atoms with E-state index in [-0.39, 0.29) is 0 Å². The number of rotatable bonds is 3. The molecule has 0 spiro atoms. The molecule has 2 saturated carbocycles. The molecular weight excluding hydrogens is 228 g/mol. The minimum atomic E-state index is 0.416. The first-order valence-corrected chi connectivity index (χ1v) is 7.06. The molecule has 0 radical (unpaired) electrons. The lowest BCUT2D eigenvalue weighted by atomic mass is 9.98. The maximum Gasteiger partial charge on any atom is 0.165 e. The molecule has 0 aromatic carbocycles. The van der Waals surface area contributed by atoms with E-state index in [1.807, 2.05) is 4.68 Å². The summed E-state index contributed by atoms with van der Waals surface area (Å²) in [5, 5.41) is 12.1. The number of fused-ring (bicyclic) bond motifs is 1. The number of hydrogen-bond acceptors (Lipinski definition) is 5. The van der Waals surface area contributed by atoms with Crippen LogP contribution in [0.2, 0.25) is 0 Å². The zero-order valence-electron chi connectivity index (χ0n) is 10.6. The van der Waals surface area contributed by atoms with Crippen molar-refractivity contribution in [2.45, 2.75) is 44.3 Å². The Labute approximate surface area is 107 Å². The molecule has 0 amide bonds. The number of tetrazole rings is 1. The van der Waals surface area contributed by atoms with E-state index in [1.165, 1.54) is 32.2 Å². The van der Waals surface area contributed by atoms with Crippen LogP contribution in [0.15, 0.2) is 0 Å². The van der Waals surface area contributed by atoms with Gasteiger partial charge in [0, 0.05) is 19.1 Å². The van der Waals surface area contributed by atoms with Gasteiger partial charge in [-0.25, -0.2) is 4.68 Å². The molecule has 4 rings (SSSR count). The second-order valence-corrected chi connectivity index (χ2v) is 6.13. The zero-order chi connectivity index (χ0) is 12.1. The molecule has 1 aliphatic heterocycles. The molecule has 1 saturated heterocycles. The van der Waals surface area contributed by atoms with E-state index in [9.17, 15) is 0 Å². The van der Waals surface area contributed by atoms with Crippen molar-refractivity contribution in [2.75, 3.05) is 13.1 Å². The lowest BCUT2D eigenvalue weighted by Gasteiger charge is -2.17. The van der Waals surface area contributed by atoms with Crippen LogP contribution in [-0.4, -0.2) is 44.2 Å². The van der Waals surface area contributed by atoms with Crippen LogP contribution in [0.4, 0.5) is 0 Å². The van der Waals surface area contributed by atoms with Gasteiger partial charge in [0.2, 0.25) is 0 Å². The second kappa shape index (κ2) is 3.99. The number of aromatic nitrogens is 4. The molecule has 0 bridgehead atoms. The summed E-state index contributed by atoms with van der Waals surface area (Å²) in [5.41, 5.74) is 6.17. The molecule has 3 atom stereocenters. The van der Waals surface area contributed by atoms with Gasteiger partial charge in [-0.1, -0.05) is 0 Å². The third kappa shape index (κ3) is 1.75. The topological polar surface area (TPSA) is 72.9 Å². The summed E-state index contributed by atoms with van der Waals surface area (Å²) >= 11 is 0. The summed E-state index contributed by atoms with van der Waals surface area (Å²) in [6.07, 6.45) is 4.97. The van der Waals surface area contributed by atoms with E-state index in [0.29, 0.717) is 18.0 Å². The van der Waals surface area contributed by atoms with Crippen LogP contribution in [0.3, 0.4) is 0 Å². The van der Waals surface area contributed by atoms with Gasteiger partial charge in [0.15, 0.2) is 5.82 Å². The van der Waals surface area contributed by atoms with Gasteiger partial charge in [-0.3, -0.25) is 4.90 Å². The molecule has 1 aromatic rings. The van der Waals surface area contributed by atoms with Crippen LogP contribution in [-0.2, 0) is 6.54 Å². The normalized spacial score (nSPS) is 36.2. The molecule has 6 nitrogen and oxygen atoms in total. The molecule has 2 heterocycles. The van der Waals surface area contributed by atoms with Gasteiger partial charge in [0.25, 0.3) is 0 Å². The highest BCUT2D eigenvalue weighted by molar-refractivity contribution is 4.98. The van der Waals surface area contributed by atoms with Crippen molar-refractivity contribution in [3.05, 3.63) is 5.82 Å². The largest absolute Gasteiger partial charge is 0.327 e. The summed E-state index contributed by atoms with van der Waals surface area (Å²) in [4.78, 5) is 2.49. The van der Waals surface area contributed by atoms with Crippen molar-refractivity contribution >= 4 is 0 Å². The van der Waals surface area contributed by atoms with Crippen molar-refractivity contribution in [1.82, 2.24) is 25.1 Å². The quantitative estimate of drug-likeness (QED) is 0.826. The zero-order valence-corrected chi connectivity index (χ0v) is 10.6. The van der Waals surface area contributed by atoms with Gasteiger partial charge in [-0.2, -0.15) is 0 Å². The van der Waals surface area contributed by atoms with Gasteiger partial charge < -0.3 is 5.73 Å². The summed E-state index contributed by atoms with van der Waals surface area (Å²) in [6, 6.07) is 0.985. The minimum absolute atomic E-state index is 0.416. The fraction of sp³-hybridized carbons (Fsp3) is 0.917. The summed E-state index contributed by atoms with van der Waals surface area (Å²) < 4.78 is 2.02. The summed E-state index contributed by atoms with van der Waals surface area (Å²) in [7, 11) is 0. The van der Waals surface area contributed by atoms with Crippen LogP contribution in [0.1, 0.15) is 37.5 Å². The highest BCUT2D eigenvalue weighted by atomic mass is 15.6. The molecule has 6 heteroatoms. The van der Waals surface area contributed by atoms with E-state index in [0.717, 1.165) is 24.8 Å². The molecule has 3 fully saturated rings. The van der Waals surface area contributed by atoms with Crippen LogP contribution in [0, 0.1) is 11.8 Å². The second-order valence-electron chi connectivity index (χ2n) is 6.13. The Morgan fingerprint density at radius 3 is 2.83 bits per heavy atom. The Morgan fingerprint density at radius 1 is 1.17 bits per heavy atom. The molecular formula is C12H20N6. The Kier molecular flexibility index (Phi) is 2.41. The van der Waals surface area contributed by atoms with E-state index >= 15 is 0 Å². The lowest BCUT2D eigenvalue weighted by Crippen LogP contribution is -2.30. The van der Waals surface area contributed by atoms with Gasteiger partial charge in [0.05, 0.1) is 12.6 Å². The van der Waals surface area contributed by atoms with E-state index in [4.69, 9.17) is 5.73 Å². The average Bonchev–Trinajstić information content (AvgIpc) is 2.81. The highest BCUT2D eigenvalue weighted by Gasteiger charge is 2.41. The maximum absolute atomic E-state index is 6.17. The van der Waals surface area contributed by atoms with Gasteiger partial charge in [-0.05, 0) is 47.9 Å². The van der Waals surface area contributed by atoms with Crippen LogP contribution < -0.4 is 5.73 Å². The van der Waals surface area contributed by atoms with Crippen LogP contribution in [0.25, 0.3) is 0 Å². The first kappa shape index (κ1) is 10.9. The Bertz CT molecular complexity index is 440. The molecule has 1 aromatic heterocycles. The smallest absolute Gasteiger partial charge is 0.165 e. The number of likely N-dealkylation sites (tertiary alicyclic amines) is 1. The average molecular weight is 248 g/mol. The maximum atomic E-state index is 6.17. The highest BCUT2D eigenvalue weighted by Crippen LogP contribution is 2.38. The molecule has 2 N–H and O–H groups in total. The van der Waals surface area contributed by atoms with Crippen molar-refractivity contribution in [3.63, 3.8) is 0 Å². The Balaban J connectivity index is 1.45. The van der Waals surface area contributed by atoms with E-state index in [1.54, 1.807) is 0 Å². The van der Waals surface area contributed by atoms with Gasteiger partial charge in [0.1, 0.15) is 0 Å². The summed E-state index contributed by atoms with van der Waals surface area (Å²) in [5.74, 6) is 2.55. The fourth-order valence-electron chi connectivity index (χ4n) is 3.65. The van der Waals surface area contributed by atoms with Crippen molar-refractivity contribution < 1.29 is 0 Å². The molecule has 3 unspecified atom stereocenters. The third-order valence-corrected chi connectivity index (χ3v) is 4.81. The number of nitrogens with two attached hydrogens (primary N) is 1. The predicted octanol–water partition coefficient (Wildman–Crippen LogP) is 0.177. The first-order chi connectivity index (χ1) is 8.81. The van der Waals surface area contributed by atoms with Crippen molar-refractivity contribution in [2.24, 2.45) is 17.6 Å². The fourth-order valence-corrected chi connectivity index (χ4v) is 3.65. The minimum Gasteiger partial charge on any atom is -0.327 e. The van der Waals surface area contributed by atoms with Crippen molar-refractivity contribution in [1.29, 1.82) is 0 Å². The Hall–Kier alpha value is -1.01. The molecule has 98 valence electrons. The third-order valence-electron chi connectivity index (χ3n) is 4.81. The predicted molar refractivity (Wildman–Crippen MR) is 65.6 cm³/mol. The first-order valence-electron chi connectivity index (χ1n) is 7.06.